The van der Waals surface area contributed by atoms with Gasteiger partial charge in [0, 0.05) is 24.1 Å². The molecule has 3 heteroatoms. The number of nitrogens with two attached hydrogens (primary N) is 1. The summed E-state index contributed by atoms with van der Waals surface area (Å²) in [6.45, 7) is 2.13. The molecule has 3 N–H and O–H groups in total. The largest absolute Gasteiger partial charge is 0.496 e. The van der Waals surface area contributed by atoms with E-state index in [1.165, 1.54) is 0 Å². The molecular weight excluding hydrogens is 190 g/mol. The minimum atomic E-state index is -0.170. The van der Waals surface area contributed by atoms with Gasteiger partial charge in [-0.2, -0.15) is 0 Å². The van der Waals surface area contributed by atoms with Gasteiger partial charge in [-0.15, -0.1) is 0 Å². The second-order valence-electron chi connectivity index (χ2n) is 3.62. The summed E-state index contributed by atoms with van der Waals surface area (Å²) in [6, 6.07) is 7.51. The molecule has 0 aliphatic heterocycles. The molecule has 0 fully saturated rings. The van der Waals surface area contributed by atoms with Gasteiger partial charge in [0.25, 0.3) is 0 Å². The molecule has 0 bridgehead atoms. The van der Waals surface area contributed by atoms with Crippen molar-refractivity contribution in [2.45, 2.75) is 19.4 Å². The lowest BCUT2D eigenvalue weighted by atomic mass is 9.92. The summed E-state index contributed by atoms with van der Waals surface area (Å²) >= 11 is 0. The number of rotatable bonds is 5. The highest BCUT2D eigenvalue weighted by molar-refractivity contribution is 5.36. The summed E-state index contributed by atoms with van der Waals surface area (Å²) in [4.78, 5) is 0. The van der Waals surface area contributed by atoms with Crippen LogP contribution >= 0.6 is 0 Å². The van der Waals surface area contributed by atoms with Gasteiger partial charge >= 0.3 is 0 Å². The Labute approximate surface area is 90.9 Å². The molecule has 2 atom stereocenters. The quantitative estimate of drug-likeness (QED) is 0.776. The van der Waals surface area contributed by atoms with Crippen LogP contribution in [-0.4, -0.2) is 18.8 Å². The van der Waals surface area contributed by atoms with E-state index in [4.69, 9.17) is 10.5 Å². The maximum absolute atomic E-state index is 9.20. The van der Waals surface area contributed by atoms with Gasteiger partial charge in [-0.25, -0.2) is 0 Å². The molecule has 0 aliphatic carbocycles. The topological polar surface area (TPSA) is 55.5 Å². The van der Waals surface area contributed by atoms with Crippen molar-refractivity contribution in [1.82, 2.24) is 0 Å². The second-order valence-corrected chi connectivity index (χ2v) is 3.62. The number of para-hydroxylation sites is 1. The van der Waals surface area contributed by atoms with E-state index in [-0.39, 0.29) is 18.6 Å². The fourth-order valence-electron chi connectivity index (χ4n) is 1.69. The van der Waals surface area contributed by atoms with E-state index in [2.05, 4.69) is 0 Å². The van der Waals surface area contributed by atoms with Crippen LogP contribution in [0.3, 0.4) is 0 Å². The highest BCUT2D eigenvalue weighted by Gasteiger charge is 2.19. The molecule has 1 aromatic carbocycles. The SMILES string of the molecule is CCC(CO)C(N)c1ccccc1OC. The third-order valence-corrected chi connectivity index (χ3v) is 2.76. The molecule has 0 aliphatic rings. The number of ether oxygens (including phenoxy) is 1. The maximum atomic E-state index is 9.20. The first kappa shape index (κ1) is 12.0. The Morgan fingerprint density at radius 3 is 2.60 bits per heavy atom. The van der Waals surface area contributed by atoms with Crippen molar-refractivity contribution in [1.29, 1.82) is 0 Å². The Hall–Kier alpha value is -1.06. The van der Waals surface area contributed by atoms with E-state index >= 15 is 0 Å². The lowest BCUT2D eigenvalue weighted by Gasteiger charge is -2.22. The minimum Gasteiger partial charge on any atom is -0.496 e. The van der Waals surface area contributed by atoms with Crippen molar-refractivity contribution in [3.63, 3.8) is 0 Å². The summed E-state index contributed by atoms with van der Waals surface area (Å²) in [5.74, 6) is 0.873. The van der Waals surface area contributed by atoms with Gasteiger partial charge < -0.3 is 15.6 Å². The Balaban J connectivity index is 2.93. The van der Waals surface area contributed by atoms with Gasteiger partial charge in [0.15, 0.2) is 0 Å². The summed E-state index contributed by atoms with van der Waals surface area (Å²) in [7, 11) is 1.63. The Kier molecular flexibility index (Phi) is 4.59. The van der Waals surface area contributed by atoms with E-state index in [9.17, 15) is 5.11 Å². The van der Waals surface area contributed by atoms with Gasteiger partial charge in [0.2, 0.25) is 0 Å². The monoisotopic (exact) mass is 209 g/mol. The van der Waals surface area contributed by atoms with Gasteiger partial charge in [0.1, 0.15) is 5.75 Å². The van der Waals surface area contributed by atoms with Crippen LogP contribution in [0.1, 0.15) is 24.9 Å². The smallest absolute Gasteiger partial charge is 0.123 e. The molecule has 3 nitrogen and oxygen atoms in total. The number of hydrogen-bond donors (Lipinski definition) is 2. The molecule has 0 aromatic heterocycles. The molecule has 0 saturated heterocycles. The van der Waals surface area contributed by atoms with Crippen LogP contribution in [0.25, 0.3) is 0 Å². The van der Waals surface area contributed by atoms with Gasteiger partial charge in [0.05, 0.1) is 7.11 Å². The van der Waals surface area contributed by atoms with Crippen molar-refractivity contribution in [3.8, 4) is 5.75 Å². The Bertz CT molecular complexity index is 297. The van der Waals surface area contributed by atoms with Crippen molar-refractivity contribution >= 4 is 0 Å². The lowest BCUT2D eigenvalue weighted by molar-refractivity contribution is 0.199. The molecule has 0 radical (unpaired) electrons. The number of aliphatic hydroxyl groups is 1. The van der Waals surface area contributed by atoms with Crippen LogP contribution in [0.5, 0.6) is 5.75 Å². The molecule has 84 valence electrons. The third kappa shape index (κ3) is 2.70. The molecule has 2 unspecified atom stereocenters. The zero-order valence-corrected chi connectivity index (χ0v) is 9.31. The standard InChI is InChI=1S/C12H19NO2/c1-3-9(8-14)12(13)10-6-4-5-7-11(10)15-2/h4-7,9,12,14H,3,8,13H2,1-2H3. The highest BCUT2D eigenvalue weighted by Crippen LogP contribution is 2.29. The van der Waals surface area contributed by atoms with Crippen molar-refractivity contribution in [2.75, 3.05) is 13.7 Å². The van der Waals surface area contributed by atoms with Crippen LogP contribution in [-0.2, 0) is 0 Å². The molecular formula is C12H19NO2. The number of benzene rings is 1. The maximum Gasteiger partial charge on any atom is 0.123 e. The summed E-state index contributed by atoms with van der Waals surface area (Å²) < 4.78 is 5.24. The second kappa shape index (κ2) is 5.73. The van der Waals surface area contributed by atoms with E-state index in [1.54, 1.807) is 7.11 Å². The summed E-state index contributed by atoms with van der Waals surface area (Å²) in [5, 5.41) is 9.20. The van der Waals surface area contributed by atoms with Crippen LogP contribution in [0.4, 0.5) is 0 Å². The molecule has 0 heterocycles. The molecule has 15 heavy (non-hydrogen) atoms. The number of hydrogen-bond acceptors (Lipinski definition) is 3. The van der Waals surface area contributed by atoms with E-state index in [0.717, 1.165) is 17.7 Å². The number of methoxy groups -OCH3 is 1. The Morgan fingerprint density at radius 2 is 2.07 bits per heavy atom. The van der Waals surface area contributed by atoms with Gasteiger partial charge in [-0.1, -0.05) is 25.1 Å². The zero-order chi connectivity index (χ0) is 11.3. The molecule has 1 aromatic rings. The van der Waals surface area contributed by atoms with Crippen molar-refractivity contribution in [2.24, 2.45) is 11.7 Å². The van der Waals surface area contributed by atoms with Crippen molar-refractivity contribution in [3.05, 3.63) is 29.8 Å². The average molecular weight is 209 g/mol. The first-order valence-electron chi connectivity index (χ1n) is 5.23. The van der Waals surface area contributed by atoms with Gasteiger partial charge in [-0.3, -0.25) is 0 Å². The van der Waals surface area contributed by atoms with Crippen LogP contribution in [0, 0.1) is 5.92 Å². The minimum absolute atomic E-state index is 0.0845. The molecule has 0 amide bonds. The first-order chi connectivity index (χ1) is 7.24. The fourth-order valence-corrected chi connectivity index (χ4v) is 1.69. The van der Waals surface area contributed by atoms with Crippen LogP contribution < -0.4 is 10.5 Å². The van der Waals surface area contributed by atoms with E-state index < -0.39 is 0 Å². The van der Waals surface area contributed by atoms with E-state index in [0.29, 0.717) is 0 Å². The molecule has 1 rings (SSSR count). The van der Waals surface area contributed by atoms with E-state index in [1.807, 2.05) is 31.2 Å². The average Bonchev–Trinajstić information content (AvgIpc) is 2.30. The number of aliphatic hydroxyl groups excluding tert-OH is 1. The first-order valence-corrected chi connectivity index (χ1v) is 5.23. The normalized spacial score (nSPS) is 14.7. The summed E-state index contributed by atoms with van der Waals surface area (Å²) in [5.41, 5.74) is 7.06. The molecule has 0 spiro atoms. The predicted octanol–water partition coefficient (Wildman–Crippen LogP) is 1.71. The van der Waals surface area contributed by atoms with Crippen molar-refractivity contribution < 1.29 is 9.84 Å². The lowest BCUT2D eigenvalue weighted by Crippen LogP contribution is -2.24. The highest BCUT2D eigenvalue weighted by atomic mass is 16.5. The fraction of sp³-hybridized carbons (Fsp3) is 0.500. The summed E-state index contributed by atoms with van der Waals surface area (Å²) in [6.07, 6.45) is 0.857. The molecule has 0 saturated carbocycles. The van der Waals surface area contributed by atoms with Crippen LogP contribution in [0.2, 0.25) is 0 Å². The van der Waals surface area contributed by atoms with Crippen LogP contribution in [0.15, 0.2) is 24.3 Å². The third-order valence-electron chi connectivity index (χ3n) is 2.76. The predicted molar refractivity (Wildman–Crippen MR) is 60.8 cm³/mol. The Morgan fingerprint density at radius 1 is 1.40 bits per heavy atom. The van der Waals surface area contributed by atoms with Gasteiger partial charge in [-0.05, 0) is 12.5 Å². The zero-order valence-electron chi connectivity index (χ0n) is 9.31.